The van der Waals surface area contributed by atoms with Gasteiger partial charge in [0.05, 0.1) is 4.90 Å². The summed E-state index contributed by atoms with van der Waals surface area (Å²) in [4.78, 5) is 15.3. The van der Waals surface area contributed by atoms with Crippen LogP contribution in [0.5, 0.6) is 0 Å². The predicted octanol–water partition coefficient (Wildman–Crippen LogP) is 3.95. The summed E-state index contributed by atoms with van der Waals surface area (Å²) in [6, 6.07) is 10.1. The lowest BCUT2D eigenvalue weighted by Crippen LogP contribution is -2.41. The Kier molecular flexibility index (Phi) is 6.14. The monoisotopic (exact) mass is 471 g/mol. The Labute approximate surface area is 194 Å². The fourth-order valence-electron chi connectivity index (χ4n) is 5.26. The van der Waals surface area contributed by atoms with Gasteiger partial charge in [-0.15, -0.1) is 0 Å². The Morgan fingerprint density at radius 1 is 0.909 bits per heavy atom. The Morgan fingerprint density at radius 3 is 2.39 bits per heavy atom. The molecule has 0 spiro atoms. The number of nitrogens with one attached hydrogen (secondary N) is 1. The smallest absolute Gasteiger partial charge is 0.243 e. The first-order chi connectivity index (χ1) is 15.9. The second kappa shape index (κ2) is 9.06. The molecule has 1 N–H and O–H groups in total. The summed E-state index contributed by atoms with van der Waals surface area (Å²) in [5.74, 6) is -0.845. The molecule has 2 aromatic carbocycles. The maximum absolute atomic E-state index is 14.1. The van der Waals surface area contributed by atoms with Gasteiger partial charge in [0, 0.05) is 43.5 Å². The molecule has 2 heterocycles. The van der Waals surface area contributed by atoms with Gasteiger partial charge in [0.2, 0.25) is 15.9 Å². The van der Waals surface area contributed by atoms with Crippen LogP contribution in [0.1, 0.15) is 43.2 Å². The summed E-state index contributed by atoms with van der Waals surface area (Å²) in [6.45, 7) is 2.40. The molecule has 2 aromatic rings. The van der Waals surface area contributed by atoms with Gasteiger partial charge >= 0.3 is 0 Å². The maximum Gasteiger partial charge on any atom is 0.243 e. The average Bonchev–Trinajstić information content (AvgIpc) is 3.50. The van der Waals surface area contributed by atoms with E-state index in [0.717, 1.165) is 56.4 Å². The minimum absolute atomic E-state index is 0.178. The topological polar surface area (TPSA) is 69.7 Å². The summed E-state index contributed by atoms with van der Waals surface area (Å²) in [6.07, 6.45) is 6.09. The van der Waals surface area contributed by atoms with Gasteiger partial charge in [-0.25, -0.2) is 12.8 Å². The summed E-state index contributed by atoms with van der Waals surface area (Å²) >= 11 is 0. The number of aryl methyl sites for hydroxylation is 2. The zero-order chi connectivity index (χ0) is 23.0. The van der Waals surface area contributed by atoms with Crippen molar-refractivity contribution in [2.24, 2.45) is 5.92 Å². The lowest BCUT2D eigenvalue weighted by molar-refractivity contribution is -0.120. The highest BCUT2D eigenvalue weighted by Crippen LogP contribution is 2.30. The Bertz CT molecular complexity index is 1150. The molecule has 8 heteroatoms. The molecule has 0 aromatic heterocycles. The average molecular weight is 472 g/mol. The minimum atomic E-state index is -3.57. The lowest BCUT2D eigenvalue weighted by Gasteiger charge is -2.30. The van der Waals surface area contributed by atoms with Crippen LogP contribution < -0.4 is 10.2 Å². The molecule has 0 saturated carbocycles. The van der Waals surface area contributed by atoms with Crippen molar-refractivity contribution < 1.29 is 17.6 Å². The van der Waals surface area contributed by atoms with Crippen molar-refractivity contribution in [1.29, 1.82) is 0 Å². The summed E-state index contributed by atoms with van der Waals surface area (Å²) in [7, 11) is -3.57. The number of carbonyl (C=O) groups is 1. The lowest BCUT2D eigenvalue weighted by atomic mass is 9.97. The number of piperidine rings is 1. The van der Waals surface area contributed by atoms with Crippen molar-refractivity contribution >= 4 is 27.3 Å². The van der Waals surface area contributed by atoms with E-state index in [9.17, 15) is 17.6 Å². The zero-order valence-electron chi connectivity index (χ0n) is 18.7. The van der Waals surface area contributed by atoms with E-state index in [1.165, 1.54) is 22.0 Å². The highest BCUT2D eigenvalue weighted by molar-refractivity contribution is 7.89. The van der Waals surface area contributed by atoms with Crippen LogP contribution in [0.2, 0.25) is 0 Å². The number of fused-ring (bicyclic) bond motifs is 1. The molecule has 2 aliphatic heterocycles. The molecule has 0 atom stereocenters. The molecule has 6 nitrogen and oxygen atoms in total. The van der Waals surface area contributed by atoms with Crippen molar-refractivity contribution in [2.75, 3.05) is 36.4 Å². The molecule has 0 radical (unpaired) electrons. The van der Waals surface area contributed by atoms with E-state index in [1.54, 1.807) is 6.07 Å². The summed E-state index contributed by atoms with van der Waals surface area (Å²) in [5, 5.41) is 2.86. The standard InChI is InChI=1S/C25H30FN3O3S/c26-21-15-22(17-23(16-21)28-10-1-2-11-28)27-25(30)19-8-12-29(13-9-19)33(31,32)24-7-6-18-4-3-5-20(18)14-24/h6-7,14-17,19H,1-5,8-13H2,(H,27,30). The van der Waals surface area contributed by atoms with Crippen molar-refractivity contribution in [1.82, 2.24) is 4.31 Å². The van der Waals surface area contributed by atoms with Crippen LogP contribution >= 0.6 is 0 Å². The highest BCUT2D eigenvalue weighted by atomic mass is 32.2. The molecule has 5 rings (SSSR count). The van der Waals surface area contributed by atoms with Gasteiger partial charge in [0.25, 0.3) is 0 Å². The number of nitrogens with zero attached hydrogens (tertiary/aromatic N) is 2. The number of hydrogen-bond acceptors (Lipinski definition) is 4. The van der Waals surface area contributed by atoms with Crippen LogP contribution in [0.25, 0.3) is 0 Å². The Balaban J connectivity index is 1.22. The largest absolute Gasteiger partial charge is 0.371 e. The number of amides is 1. The molecule has 2 saturated heterocycles. The third-order valence-corrected chi connectivity index (χ3v) is 9.05. The minimum Gasteiger partial charge on any atom is -0.371 e. The number of sulfonamides is 1. The van der Waals surface area contributed by atoms with Crippen LogP contribution in [0.4, 0.5) is 15.8 Å². The number of benzene rings is 2. The number of anilines is 2. The fraction of sp³-hybridized carbons (Fsp3) is 0.480. The van der Waals surface area contributed by atoms with E-state index in [4.69, 9.17) is 0 Å². The quantitative estimate of drug-likeness (QED) is 0.717. The second-order valence-corrected chi connectivity index (χ2v) is 11.3. The fourth-order valence-corrected chi connectivity index (χ4v) is 6.79. The van der Waals surface area contributed by atoms with E-state index >= 15 is 0 Å². The van der Waals surface area contributed by atoms with Crippen molar-refractivity contribution in [3.63, 3.8) is 0 Å². The first-order valence-electron chi connectivity index (χ1n) is 11.9. The highest BCUT2D eigenvalue weighted by Gasteiger charge is 2.32. The number of halogens is 1. The van der Waals surface area contributed by atoms with Crippen molar-refractivity contribution in [3.05, 3.63) is 53.3 Å². The summed E-state index contributed by atoms with van der Waals surface area (Å²) in [5.41, 5.74) is 3.62. The third-order valence-electron chi connectivity index (χ3n) is 7.15. The molecule has 1 aliphatic carbocycles. The molecular weight excluding hydrogens is 441 g/mol. The molecule has 2 fully saturated rings. The number of hydrogen-bond donors (Lipinski definition) is 1. The molecule has 33 heavy (non-hydrogen) atoms. The van der Waals surface area contributed by atoms with Gasteiger partial charge in [0.1, 0.15) is 5.82 Å². The maximum atomic E-state index is 14.1. The molecule has 0 unspecified atom stereocenters. The van der Waals surface area contributed by atoms with Crippen molar-refractivity contribution in [2.45, 2.75) is 49.8 Å². The van der Waals surface area contributed by atoms with Crippen LogP contribution in [0.15, 0.2) is 41.3 Å². The Morgan fingerprint density at radius 2 is 1.64 bits per heavy atom. The third kappa shape index (κ3) is 4.64. The Hall–Kier alpha value is -2.45. The molecule has 176 valence electrons. The predicted molar refractivity (Wildman–Crippen MR) is 126 cm³/mol. The van der Waals surface area contributed by atoms with E-state index in [2.05, 4.69) is 10.2 Å². The molecule has 1 amide bonds. The van der Waals surface area contributed by atoms with E-state index in [-0.39, 0.29) is 17.6 Å². The van der Waals surface area contributed by atoms with Gasteiger partial charge in [0.15, 0.2) is 0 Å². The van der Waals surface area contributed by atoms with Crippen LogP contribution in [0, 0.1) is 11.7 Å². The zero-order valence-corrected chi connectivity index (χ0v) is 19.5. The first-order valence-corrected chi connectivity index (χ1v) is 13.3. The van der Waals surface area contributed by atoms with Gasteiger partial charge in [-0.2, -0.15) is 4.31 Å². The van der Waals surface area contributed by atoms with Crippen molar-refractivity contribution in [3.8, 4) is 0 Å². The second-order valence-electron chi connectivity index (χ2n) is 9.34. The van der Waals surface area contributed by atoms with Gasteiger partial charge in [-0.05, 0) is 86.4 Å². The van der Waals surface area contributed by atoms with E-state index < -0.39 is 10.0 Å². The van der Waals surface area contributed by atoms with Gasteiger partial charge < -0.3 is 10.2 Å². The first kappa shape index (κ1) is 22.3. The molecule has 3 aliphatic rings. The van der Waals surface area contributed by atoms with E-state index in [1.807, 2.05) is 18.2 Å². The van der Waals surface area contributed by atoms with E-state index in [0.29, 0.717) is 36.5 Å². The molecular formula is C25H30FN3O3S. The van der Waals surface area contributed by atoms with Gasteiger partial charge in [-0.3, -0.25) is 4.79 Å². The van der Waals surface area contributed by atoms with Crippen LogP contribution in [0.3, 0.4) is 0 Å². The van der Waals surface area contributed by atoms with Crippen LogP contribution in [-0.2, 0) is 27.7 Å². The molecule has 0 bridgehead atoms. The number of carbonyl (C=O) groups excluding carboxylic acids is 1. The van der Waals surface area contributed by atoms with Crippen LogP contribution in [-0.4, -0.2) is 44.8 Å². The SMILES string of the molecule is O=C(Nc1cc(F)cc(N2CCCC2)c1)C1CCN(S(=O)(=O)c2ccc3c(c2)CCC3)CC1. The summed E-state index contributed by atoms with van der Waals surface area (Å²) < 4.78 is 41.9. The number of rotatable bonds is 5. The van der Waals surface area contributed by atoms with Gasteiger partial charge in [-0.1, -0.05) is 6.07 Å². The normalized spacial score (nSPS) is 19.6.